The minimum atomic E-state index is -1.06. The van der Waals surface area contributed by atoms with Gasteiger partial charge in [0.15, 0.2) is 0 Å². The predicted octanol–water partition coefficient (Wildman–Crippen LogP) is -1.13. The van der Waals surface area contributed by atoms with Crippen molar-refractivity contribution >= 4 is 29.2 Å². The first-order chi connectivity index (χ1) is 32.5. The van der Waals surface area contributed by atoms with E-state index in [1.54, 1.807) is 0 Å². The van der Waals surface area contributed by atoms with Crippen LogP contribution in [0.25, 0.3) is 0 Å². The number of likely N-dealkylation sites (tertiary alicyclic amines) is 6. The minimum absolute atomic E-state index is 0.0181. The molecule has 0 saturated carbocycles. The molecule has 8 N–H and O–H groups in total. The van der Waals surface area contributed by atoms with Gasteiger partial charge >= 0.3 is 0 Å². The van der Waals surface area contributed by atoms with Crippen LogP contribution in [0.3, 0.4) is 0 Å². The van der Waals surface area contributed by atoms with E-state index in [0.29, 0.717) is 51.1 Å². The van der Waals surface area contributed by atoms with Gasteiger partial charge in [-0.05, 0) is 106 Å². The molecule has 0 aliphatic carbocycles. The molecular weight excluding hydrogens is 914 g/mol. The number of alkyl halides is 1. The standard InChI is InChI=1S/C9H17ClN2O2.C9H16N2O2.C9H18N2O.C7H14N2O3.C7H16N2O.C6H11NO/c1-12-4-2-9(14,3-5-12)7-11-8(13)6-10;1-11-4-2-9(3-5-11)7-10-8(12)6-13-9;1-11-5-2-9(3-6-11)8-10-4-7-12-9;1-8-4-2-7(10,3-5-8)6-9(11)12;1-9-4-2-7(10,6-8)3-5-9;1-7-4-2-6(8)3-5-7/h14H,2-7H2,1H3,(H,11,13);2-7H2,1H3,(H,10,12);10H,2-8H2,1H3;10H,2-6H2,1H3;10H,2-6,8H2,1H3;2-5H2,1H3. The van der Waals surface area contributed by atoms with E-state index < -0.39 is 21.7 Å². The fourth-order valence-corrected chi connectivity index (χ4v) is 9.14. The lowest BCUT2D eigenvalue weighted by Gasteiger charge is -2.43. The molecule has 8 heterocycles. The van der Waals surface area contributed by atoms with Gasteiger partial charge < -0.3 is 75.9 Å². The fraction of sp³-hybridized carbons (Fsp3) is 0.936. The van der Waals surface area contributed by atoms with E-state index in [0.717, 1.165) is 124 Å². The van der Waals surface area contributed by atoms with E-state index in [2.05, 4.69) is 66.5 Å². The van der Waals surface area contributed by atoms with Crippen LogP contribution < -0.4 is 21.7 Å². The van der Waals surface area contributed by atoms with Gasteiger partial charge in [-0.3, -0.25) is 24.5 Å². The third-order valence-corrected chi connectivity index (χ3v) is 15.1. The van der Waals surface area contributed by atoms with Crippen LogP contribution in [0.5, 0.6) is 0 Å². The van der Waals surface area contributed by atoms with Crippen LogP contribution in [0.15, 0.2) is 0 Å². The number of Topliss-reactive ketones (excluding diaryl/α,β-unsaturated/α-hetero) is 1. The topological polar surface area (TPSA) is 255 Å². The first-order valence-electron chi connectivity index (χ1n) is 25.2. The van der Waals surface area contributed by atoms with Gasteiger partial charge in [-0.1, -0.05) is 0 Å². The van der Waals surface area contributed by atoms with Crippen LogP contribution in [0, 0.1) is 10.1 Å². The molecule has 0 aromatic carbocycles. The number of carbonyl (C=O) groups excluding carboxylic acids is 3. The molecule has 402 valence electrons. The van der Waals surface area contributed by atoms with Gasteiger partial charge in [0.25, 0.3) is 0 Å². The molecule has 8 aliphatic heterocycles. The number of hydrogen-bond donors (Lipinski definition) is 7. The Kier molecular flexibility index (Phi) is 26.6. The van der Waals surface area contributed by atoms with Crippen molar-refractivity contribution in [2.24, 2.45) is 5.73 Å². The maximum atomic E-state index is 10.9. The highest BCUT2D eigenvalue weighted by Gasteiger charge is 2.39. The van der Waals surface area contributed by atoms with Gasteiger partial charge in [0.2, 0.25) is 18.4 Å². The molecule has 0 radical (unpaired) electrons. The Labute approximate surface area is 417 Å². The molecule has 0 bridgehead atoms. The number of amides is 2. The zero-order valence-electron chi connectivity index (χ0n) is 43.1. The second-order valence-corrected chi connectivity index (χ2v) is 21.4. The van der Waals surface area contributed by atoms with E-state index in [-0.39, 0.29) is 42.0 Å². The molecule has 8 saturated heterocycles. The number of aliphatic hydroxyl groups is 3. The number of piperidine rings is 6. The Balaban J connectivity index is 0.000000221. The summed E-state index contributed by atoms with van der Waals surface area (Å²) in [6.45, 7) is 15.9. The number of nitrogens with two attached hydrogens (primary N) is 1. The van der Waals surface area contributed by atoms with Gasteiger partial charge in [-0.25, -0.2) is 0 Å². The summed E-state index contributed by atoms with van der Waals surface area (Å²) in [5, 5.41) is 48.5. The molecule has 8 rings (SSSR count). The number of morpholine rings is 2. The van der Waals surface area contributed by atoms with Crippen molar-refractivity contribution in [1.82, 2.24) is 45.3 Å². The largest absolute Gasteiger partial charge is 0.388 e. The van der Waals surface area contributed by atoms with Crippen LogP contribution in [0.1, 0.15) is 77.0 Å². The molecule has 8 fully saturated rings. The SMILES string of the molecule is CN1CCC(=O)CC1.CN1CCC(O)(CN)CC1.CN1CCC(O)(CNC(=O)CCl)CC1.CN1CCC(O)(C[N+](=O)[O-])CC1.CN1CCC2(CC1)CNC(=O)CO2.CN1CCC2(CC1)CNCCO2. The van der Waals surface area contributed by atoms with Crippen molar-refractivity contribution in [3.8, 4) is 0 Å². The molecule has 8 aliphatic rings. The third-order valence-electron chi connectivity index (χ3n) is 14.9. The van der Waals surface area contributed by atoms with Crippen LogP contribution in [-0.4, -0.2) is 274 Å². The van der Waals surface area contributed by atoms with Gasteiger partial charge in [-0.15, -0.1) is 11.6 Å². The summed E-state index contributed by atoms with van der Waals surface area (Å²) < 4.78 is 11.5. The smallest absolute Gasteiger partial charge is 0.246 e. The summed E-state index contributed by atoms with van der Waals surface area (Å²) in [7, 11) is 12.4. The second kappa shape index (κ2) is 30.1. The molecule has 0 aromatic rings. The third kappa shape index (κ3) is 23.9. The van der Waals surface area contributed by atoms with Gasteiger partial charge in [0.05, 0.1) is 29.0 Å². The second-order valence-electron chi connectivity index (χ2n) is 21.1. The van der Waals surface area contributed by atoms with Crippen LogP contribution in [0.2, 0.25) is 0 Å². The van der Waals surface area contributed by atoms with Crippen molar-refractivity contribution in [2.75, 3.05) is 179 Å². The van der Waals surface area contributed by atoms with Crippen molar-refractivity contribution < 1.29 is 44.1 Å². The molecular formula is C47H92ClN11O10. The number of rotatable bonds is 6. The minimum Gasteiger partial charge on any atom is -0.388 e. The van der Waals surface area contributed by atoms with E-state index in [1.165, 1.54) is 25.9 Å². The number of halogens is 1. The number of nitrogens with zero attached hydrogens (tertiary/aromatic N) is 7. The van der Waals surface area contributed by atoms with Gasteiger partial charge in [0, 0.05) is 129 Å². The van der Waals surface area contributed by atoms with Crippen LogP contribution in [-0.2, 0) is 23.9 Å². The number of ether oxygens (including phenoxy) is 2. The van der Waals surface area contributed by atoms with Crippen molar-refractivity contribution in [1.29, 1.82) is 0 Å². The molecule has 0 aromatic heterocycles. The summed E-state index contributed by atoms with van der Waals surface area (Å²) in [5.74, 6) is 0.169. The molecule has 2 spiro atoms. The average Bonchev–Trinajstić information content (AvgIpc) is 3.34. The van der Waals surface area contributed by atoms with Gasteiger partial charge in [-0.2, -0.15) is 0 Å². The first kappa shape index (κ1) is 61.1. The Bertz CT molecular complexity index is 1490. The number of hydrogen-bond acceptors (Lipinski definition) is 18. The monoisotopic (exact) mass is 1010 g/mol. The lowest BCUT2D eigenvalue weighted by Crippen LogP contribution is -2.56. The Morgan fingerprint density at radius 2 is 1.07 bits per heavy atom. The number of nitro groups is 1. The Morgan fingerprint density at radius 3 is 1.43 bits per heavy atom. The summed E-state index contributed by atoms with van der Waals surface area (Å²) in [6.07, 6.45) is 10.0. The van der Waals surface area contributed by atoms with E-state index >= 15 is 0 Å². The Morgan fingerprint density at radius 1 is 0.667 bits per heavy atom. The summed E-state index contributed by atoms with van der Waals surface area (Å²) in [6, 6.07) is 0. The van der Waals surface area contributed by atoms with E-state index in [4.69, 9.17) is 26.8 Å². The summed E-state index contributed by atoms with van der Waals surface area (Å²) in [4.78, 5) is 55.4. The highest BCUT2D eigenvalue weighted by atomic mass is 35.5. The number of carbonyl (C=O) groups is 3. The normalized spacial score (nSPS) is 26.0. The van der Waals surface area contributed by atoms with E-state index in [1.807, 2.05) is 21.1 Å². The van der Waals surface area contributed by atoms with Crippen LogP contribution >= 0.6 is 11.6 Å². The maximum absolute atomic E-state index is 10.9. The predicted molar refractivity (Wildman–Crippen MR) is 268 cm³/mol. The number of nitrogens with one attached hydrogen (secondary N) is 3. The lowest BCUT2D eigenvalue weighted by molar-refractivity contribution is -0.502. The van der Waals surface area contributed by atoms with Gasteiger partial charge in [0.1, 0.15) is 23.9 Å². The van der Waals surface area contributed by atoms with Crippen molar-refractivity contribution in [2.45, 2.75) is 105 Å². The Hall–Kier alpha value is -2.22. The van der Waals surface area contributed by atoms with Crippen LogP contribution in [0.4, 0.5) is 0 Å². The molecule has 0 unspecified atom stereocenters. The highest BCUT2D eigenvalue weighted by molar-refractivity contribution is 6.27. The number of ketones is 1. The highest BCUT2D eigenvalue weighted by Crippen LogP contribution is 2.28. The summed E-state index contributed by atoms with van der Waals surface area (Å²) in [5.41, 5.74) is 3.18. The molecule has 69 heavy (non-hydrogen) atoms. The van der Waals surface area contributed by atoms with Crippen molar-refractivity contribution in [3.63, 3.8) is 0 Å². The average molecular weight is 1010 g/mol. The molecule has 0 atom stereocenters. The first-order valence-corrected chi connectivity index (χ1v) is 25.8. The van der Waals surface area contributed by atoms with E-state index in [9.17, 15) is 39.8 Å². The van der Waals surface area contributed by atoms with Crippen molar-refractivity contribution in [3.05, 3.63) is 10.1 Å². The maximum Gasteiger partial charge on any atom is 0.246 e. The lowest BCUT2D eigenvalue weighted by atomic mass is 9.90. The summed E-state index contributed by atoms with van der Waals surface area (Å²) >= 11 is 5.34. The zero-order chi connectivity index (χ0) is 51.1. The molecule has 21 nitrogen and oxygen atoms in total. The molecule has 22 heteroatoms. The quantitative estimate of drug-likeness (QED) is 0.0944. The fourth-order valence-electron chi connectivity index (χ4n) is 9.04. The zero-order valence-corrected chi connectivity index (χ0v) is 43.9. The molecule has 2 amide bonds.